The predicted molar refractivity (Wildman–Crippen MR) is 126 cm³/mol. The minimum absolute atomic E-state index is 0.0535. The lowest BCUT2D eigenvalue weighted by Crippen LogP contribution is -2.49. The first-order valence-electron chi connectivity index (χ1n) is 11.2. The zero-order valence-electron chi connectivity index (χ0n) is 18.9. The molecule has 0 unspecified atom stereocenters. The van der Waals surface area contributed by atoms with Crippen LogP contribution in [-0.4, -0.2) is 47.5 Å². The number of aliphatic hydroxyl groups is 1. The maximum atomic E-state index is 13.3. The van der Waals surface area contributed by atoms with E-state index < -0.39 is 17.4 Å². The number of carbonyl (C=O) groups is 2. The minimum Gasteiger partial charge on any atom is -0.454 e. The van der Waals surface area contributed by atoms with Crippen molar-refractivity contribution in [1.82, 2.24) is 15.2 Å². The van der Waals surface area contributed by atoms with Crippen molar-refractivity contribution in [3.8, 4) is 11.5 Å². The molecular formula is C25H27N3O6. The molecule has 178 valence electrons. The number of rotatable bonds is 9. The fourth-order valence-corrected chi connectivity index (χ4v) is 3.91. The van der Waals surface area contributed by atoms with Crippen LogP contribution in [0.25, 0.3) is 10.9 Å². The summed E-state index contributed by atoms with van der Waals surface area (Å²) in [5, 5.41) is 14.8. The van der Waals surface area contributed by atoms with Crippen LogP contribution in [0.1, 0.15) is 29.3 Å². The van der Waals surface area contributed by atoms with Gasteiger partial charge < -0.3 is 29.8 Å². The minimum atomic E-state index is -0.893. The van der Waals surface area contributed by atoms with Crippen molar-refractivity contribution < 1.29 is 24.2 Å². The Bertz CT molecular complexity index is 1250. The van der Waals surface area contributed by atoms with Gasteiger partial charge in [0.25, 0.3) is 5.91 Å². The number of aromatic nitrogens is 1. The molecule has 0 saturated carbocycles. The lowest BCUT2D eigenvalue weighted by Gasteiger charge is -2.19. The standard InChI is InChI=1S/C25H27N3O6/c1-2-28-14-18(23(30)17-12-21-22(13-20(17)28)34-15-33-21)24(31)27-19(25(32)26-9-6-10-29)11-16-7-4-3-5-8-16/h3-5,7-8,12-14,19,29H,2,6,9-11,15H2,1H3,(H,26,32)(H,27,31)/t19-/m0/s1. The summed E-state index contributed by atoms with van der Waals surface area (Å²) in [6.07, 6.45) is 2.16. The Labute approximate surface area is 196 Å². The summed E-state index contributed by atoms with van der Waals surface area (Å²) in [6, 6.07) is 11.7. The zero-order chi connectivity index (χ0) is 24.1. The third kappa shape index (κ3) is 4.89. The molecule has 3 aromatic rings. The third-order valence-corrected chi connectivity index (χ3v) is 5.70. The molecular weight excluding hydrogens is 438 g/mol. The maximum absolute atomic E-state index is 13.3. The fraction of sp³-hybridized carbons (Fsp3) is 0.320. The van der Waals surface area contributed by atoms with Gasteiger partial charge in [0, 0.05) is 38.4 Å². The second-order valence-corrected chi connectivity index (χ2v) is 7.96. The number of fused-ring (bicyclic) bond motifs is 2. The summed E-state index contributed by atoms with van der Waals surface area (Å²) >= 11 is 0. The average molecular weight is 466 g/mol. The van der Waals surface area contributed by atoms with Gasteiger partial charge in [0.2, 0.25) is 18.1 Å². The van der Waals surface area contributed by atoms with Crippen molar-refractivity contribution in [3.05, 3.63) is 70.0 Å². The Morgan fingerprint density at radius 1 is 1.15 bits per heavy atom. The second kappa shape index (κ2) is 10.4. The molecule has 3 N–H and O–H groups in total. The molecule has 2 heterocycles. The summed E-state index contributed by atoms with van der Waals surface area (Å²) < 4.78 is 12.6. The molecule has 1 aliphatic rings. The van der Waals surface area contributed by atoms with E-state index in [9.17, 15) is 14.4 Å². The molecule has 0 radical (unpaired) electrons. The van der Waals surface area contributed by atoms with Crippen molar-refractivity contribution in [2.75, 3.05) is 19.9 Å². The molecule has 1 aliphatic heterocycles. The molecule has 4 rings (SSSR count). The Hall–Kier alpha value is -3.85. The van der Waals surface area contributed by atoms with Crippen LogP contribution in [0.4, 0.5) is 0 Å². The normalized spacial score (nSPS) is 13.0. The average Bonchev–Trinajstić information content (AvgIpc) is 3.31. The van der Waals surface area contributed by atoms with Gasteiger partial charge in [-0.1, -0.05) is 30.3 Å². The van der Waals surface area contributed by atoms with E-state index in [0.29, 0.717) is 35.4 Å². The lowest BCUT2D eigenvalue weighted by atomic mass is 10.0. The van der Waals surface area contributed by atoms with Gasteiger partial charge in [0.05, 0.1) is 10.9 Å². The van der Waals surface area contributed by atoms with Gasteiger partial charge in [-0.3, -0.25) is 14.4 Å². The highest BCUT2D eigenvalue weighted by atomic mass is 16.7. The fourth-order valence-electron chi connectivity index (χ4n) is 3.91. The van der Waals surface area contributed by atoms with Gasteiger partial charge in [-0.15, -0.1) is 0 Å². The Kier molecular flexibility index (Phi) is 7.12. The highest BCUT2D eigenvalue weighted by molar-refractivity contribution is 6.00. The number of amides is 2. The molecule has 34 heavy (non-hydrogen) atoms. The summed E-state index contributed by atoms with van der Waals surface area (Å²) in [5.74, 6) is -0.0144. The summed E-state index contributed by atoms with van der Waals surface area (Å²) in [4.78, 5) is 39.3. The predicted octanol–water partition coefficient (Wildman–Crippen LogP) is 1.59. The topological polar surface area (TPSA) is 119 Å². The van der Waals surface area contributed by atoms with Gasteiger partial charge in [-0.25, -0.2) is 0 Å². The third-order valence-electron chi connectivity index (χ3n) is 5.70. The van der Waals surface area contributed by atoms with E-state index in [0.717, 1.165) is 5.56 Å². The molecule has 0 saturated heterocycles. The van der Waals surface area contributed by atoms with Crippen LogP contribution in [0.3, 0.4) is 0 Å². The van der Waals surface area contributed by atoms with Crippen LogP contribution in [0.15, 0.2) is 53.5 Å². The van der Waals surface area contributed by atoms with Crippen molar-refractivity contribution in [1.29, 1.82) is 0 Å². The monoisotopic (exact) mass is 465 g/mol. The first-order chi connectivity index (χ1) is 16.5. The van der Waals surface area contributed by atoms with Crippen LogP contribution < -0.4 is 25.5 Å². The smallest absolute Gasteiger partial charge is 0.257 e. The molecule has 1 aromatic heterocycles. The zero-order valence-corrected chi connectivity index (χ0v) is 18.9. The van der Waals surface area contributed by atoms with E-state index in [1.54, 1.807) is 16.7 Å². The number of benzene rings is 2. The first kappa shape index (κ1) is 23.3. The summed E-state index contributed by atoms with van der Waals surface area (Å²) in [5.41, 5.74) is 0.988. The maximum Gasteiger partial charge on any atom is 0.257 e. The highest BCUT2D eigenvalue weighted by Gasteiger charge is 2.25. The number of hydrogen-bond acceptors (Lipinski definition) is 6. The summed E-state index contributed by atoms with van der Waals surface area (Å²) in [7, 11) is 0. The Balaban J connectivity index is 1.65. The first-order valence-corrected chi connectivity index (χ1v) is 11.2. The van der Waals surface area contributed by atoms with Gasteiger partial charge >= 0.3 is 0 Å². The van der Waals surface area contributed by atoms with E-state index in [-0.39, 0.29) is 37.8 Å². The lowest BCUT2D eigenvalue weighted by molar-refractivity contribution is -0.123. The number of nitrogens with one attached hydrogen (secondary N) is 2. The molecule has 0 bridgehead atoms. The van der Waals surface area contributed by atoms with Gasteiger partial charge in [0.15, 0.2) is 11.5 Å². The van der Waals surface area contributed by atoms with Crippen molar-refractivity contribution in [2.45, 2.75) is 32.4 Å². The van der Waals surface area contributed by atoms with E-state index in [4.69, 9.17) is 14.6 Å². The SMILES string of the molecule is CCn1cc(C(=O)N[C@@H](Cc2ccccc2)C(=O)NCCCO)c(=O)c2cc3c(cc21)OCO3. The van der Waals surface area contributed by atoms with Gasteiger partial charge in [-0.2, -0.15) is 0 Å². The Morgan fingerprint density at radius 2 is 1.88 bits per heavy atom. The van der Waals surface area contributed by atoms with Gasteiger partial charge in [-0.05, 0) is 25.0 Å². The number of aryl methyl sites for hydroxylation is 1. The molecule has 9 nitrogen and oxygen atoms in total. The number of hydrogen-bond donors (Lipinski definition) is 3. The summed E-state index contributed by atoms with van der Waals surface area (Å²) in [6.45, 7) is 2.73. The molecule has 0 fully saturated rings. The largest absolute Gasteiger partial charge is 0.454 e. The van der Waals surface area contributed by atoms with Crippen LogP contribution in [-0.2, 0) is 17.8 Å². The van der Waals surface area contributed by atoms with Crippen LogP contribution in [0, 0.1) is 0 Å². The number of aliphatic hydroxyl groups excluding tert-OH is 1. The van der Waals surface area contributed by atoms with Crippen LogP contribution in [0.5, 0.6) is 11.5 Å². The highest BCUT2D eigenvalue weighted by Crippen LogP contribution is 2.35. The molecule has 1 atom stereocenters. The number of carbonyl (C=O) groups excluding carboxylic acids is 2. The van der Waals surface area contributed by atoms with Crippen molar-refractivity contribution in [3.63, 3.8) is 0 Å². The van der Waals surface area contributed by atoms with E-state index >= 15 is 0 Å². The molecule has 9 heteroatoms. The van der Waals surface area contributed by atoms with Crippen LogP contribution in [0.2, 0.25) is 0 Å². The number of pyridine rings is 1. The van der Waals surface area contributed by atoms with Crippen molar-refractivity contribution in [2.24, 2.45) is 0 Å². The number of nitrogens with zero attached hydrogens (tertiary/aromatic N) is 1. The second-order valence-electron chi connectivity index (χ2n) is 7.96. The van der Waals surface area contributed by atoms with E-state index in [2.05, 4.69) is 10.6 Å². The molecule has 2 aromatic carbocycles. The van der Waals surface area contributed by atoms with Crippen molar-refractivity contribution >= 4 is 22.7 Å². The molecule has 0 spiro atoms. The number of ether oxygens (including phenoxy) is 2. The van der Waals surface area contributed by atoms with E-state index in [1.807, 2.05) is 37.3 Å². The van der Waals surface area contributed by atoms with E-state index in [1.165, 1.54) is 6.20 Å². The molecule has 0 aliphatic carbocycles. The van der Waals surface area contributed by atoms with Gasteiger partial charge in [0.1, 0.15) is 11.6 Å². The quantitative estimate of drug-likeness (QED) is 0.413. The Morgan fingerprint density at radius 3 is 2.59 bits per heavy atom. The van der Waals surface area contributed by atoms with Crippen LogP contribution >= 0.6 is 0 Å². The molecule has 2 amide bonds.